The highest BCUT2D eigenvalue weighted by Crippen LogP contribution is 2.32. The summed E-state index contributed by atoms with van der Waals surface area (Å²) < 4.78 is 68.7. The number of hydrogen-bond acceptors (Lipinski definition) is 7. The van der Waals surface area contributed by atoms with Crippen LogP contribution in [0.15, 0.2) is 60.9 Å². The molecule has 0 aliphatic carbocycles. The molecule has 1 N–H and O–H groups in total. The Kier molecular flexibility index (Phi) is 8.27. The van der Waals surface area contributed by atoms with Gasteiger partial charge in [-0.1, -0.05) is 25.1 Å². The number of fused-ring (bicyclic) bond motifs is 1. The van der Waals surface area contributed by atoms with Crippen molar-refractivity contribution in [1.29, 1.82) is 0 Å². The predicted molar refractivity (Wildman–Crippen MR) is 146 cm³/mol. The molecule has 0 atom stereocenters. The first-order valence-corrected chi connectivity index (χ1v) is 13.0. The maximum absolute atomic E-state index is 14.9. The number of benzene rings is 2. The smallest absolute Gasteiger partial charge is 0.280 e. The first-order chi connectivity index (χ1) is 19.9. The van der Waals surface area contributed by atoms with E-state index in [0.29, 0.717) is 34.6 Å². The minimum Gasteiger partial charge on any atom is -0.494 e. The SMILES string of the molecule is CCCOc1cnc(-c2nn(Cc3c(F)cc(OCC)cc3F)c3ccccc23)nc1Nc1ccnc(C(F)F)c1. The average molecular weight is 567 g/mol. The Morgan fingerprint density at radius 2 is 1.76 bits per heavy atom. The van der Waals surface area contributed by atoms with Gasteiger partial charge in [-0.25, -0.2) is 27.5 Å². The van der Waals surface area contributed by atoms with Gasteiger partial charge >= 0.3 is 0 Å². The van der Waals surface area contributed by atoms with Gasteiger partial charge in [0.2, 0.25) is 0 Å². The third-order valence-corrected chi connectivity index (χ3v) is 6.09. The normalized spacial score (nSPS) is 11.3. The Labute approximate surface area is 233 Å². The van der Waals surface area contributed by atoms with Crippen LogP contribution in [0.4, 0.5) is 29.1 Å². The summed E-state index contributed by atoms with van der Waals surface area (Å²) in [6.45, 7) is 4.13. The highest BCUT2D eigenvalue weighted by atomic mass is 19.3. The molecule has 12 heteroatoms. The zero-order chi connectivity index (χ0) is 28.9. The maximum Gasteiger partial charge on any atom is 0.280 e. The molecule has 5 aromatic rings. The molecule has 212 valence electrons. The zero-order valence-corrected chi connectivity index (χ0v) is 22.2. The third-order valence-electron chi connectivity index (χ3n) is 6.09. The van der Waals surface area contributed by atoms with Crippen molar-refractivity contribution in [3.05, 3.63) is 83.8 Å². The molecule has 41 heavy (non-hydrogen) atoms. The topological polar surface area (TPSA) is 87.0 Å². The second kappa shape index (κ2) is 12.2. The first kappa shape index (κ1) is 27.8. The molecule has 0 unspecified atom stereocenters. The molecule has 8 nitrogen and oxygen atoms in total. The summed E-state index contributed by atoms with van der Waals surface area (Å²) in [5.41, 5.74) is 0.736. The Balaban J connectivity index is 1.55. The fraction of sp³-hybridized carbons (Fsp3) is 0.241. The van der Waals surface area contributed by atoms with E-state index < -0.39 is 23.8 Å². The van der Waals surface area contributed by atoms with E-state index in [9.17, 15) is 17.6 Å². The van der Waals surface area contributed by atoms with E-state index in [-0.39, 0.29) is 36.1 Å². The molecule has 0 spiro atoms. The first-order valence-electron chi connectivity index (χ1n) is 13.0. The molecule has 5 rings (SSSR count). The zero-order valence-electron chi connectivity index (χ0n) is 22.2. The van der Waals surface area contributed by atoms with E-state index in [1.54, 1.807) is 31.2 Å². The van der Waals surface area contributed by atoms with E-state index in [0.717, 1.165) is 18.6 Å². The Hall–Kier alpha value is -4.74. The predicted octanol–water partition coefficient (Wildman–Crippen LogP) is 7.08. The van der Waals surface area contributed by atoms with Crippen molar-refractivity contribution in [2.75, 3.05) is 18.5 Å². The Morgan fingerprint density at radius 1 is 0.976 bits per heavy atom. The van der Waals surface area contributed by atoms with Crippen LogP contribution < -0.4 is 14.8 Å². The third kappa shape index (κ3) is 6.06. The molecule has 0 aliphatic heterocycles. The summed E-state index contributed by atoms with van der Waals surface area (Å²) in [5.74, 6) is -0.663. The number of anilines is 2. The molecule has 2 aromatic carbocycles. The number of halogens is 4. The lowest BCUT2D eigenvalue weighted by atomic mass is 10.1. The molecule has 0 amide bonds. The number of nitrogens with zero attached hydrogens (tertiary/aromatic N) is 5. The summed E-state index contributed by atoms with van der Waals surface area (Å²) in [6.07, 6.45) is 0.718. The lowest BCUT2D eigenvalue weighted by Crippen LogP contribution is -2.08. The van der Waals surface area contributed by atoms with Crippen LogP contribution in [0.3, 0.4) is 0 Å². The van der Waals surface area contributed by atoms with Crippen LogP contribution in [0.1, 0.15) is 38.0 Å². The second-order valence-electron chi connectivity index (χ2n) is 8.97. The minimum atomic E-state index is -2.74. The molecule has 0 fully saturated rings. The summed E-state index contributed by atoms with van der Waals surface area (Å²) in [4.78, 5) is 12.7. The lowest BCUT2D eigenvalue weighted by molar-refractivity contribution is 0.146. The van der Waals surface area contributed by atoms with Crippen LogP contribution in [0.2, 0.25) is 0 Å². The second-order valence-corrected chi connectivity index (χ2v) is 8.97. The number of ether oxygens (including phenoxy) is 2. The van der Waals surface area contributed by atoms with Crippen molar-refractivity contribution in [2.45, 2.75) is 33.2 Å². The van der Waals surface area contributed by atoms with Crippen LogP contribution in [0.5, 0.6) is 11.5 Å². The molecule has 3 aromatic heterocycles. The van der Waals surface area contributed by atoms with Crippen LogP contribution in [0, 0.1) is 11.6 Å². The standard InChI is InChI=1S/C29H26F4N6O2/c1-3-11-41-25-15-35-29(37-28(25)36-17-9-10-34-23(12-17)27(32)33)26-19-7-5-6-8-24(19)39(38-26)16-20-21(30)13-18(40-4-2)14-22(20)31/h5-10,12-15,27H,3-4,11,16H2,1-2H3,(H,34,35,36,37). The van der Waals surface area contributed by atoms with Crippen molar-refractivity contribution in [3.63, 3.8) is 0 Å². The van der Waals surface area contributed by atoms with E-state index in [4.69, 9.17) is 9.47 Å². The van der Waals surface area contributed by atoms with Crippen molar-refractivity contribution in [1.82, 2.24) is 24.7 Å². The minimum absolute atomic E-state index is 0.103. The molecule has 0 saturated carbocycles. The number of para-hydroxylation sites is 1. The van der Waals surface area contributed by atoms with Gasteiger partial charge in [0.1, 0.15) is 28.8 Å². The maximum atomic E-state index is 14.9. The number of hydrogen-bond donors (Lipinski definition) is 1. The van der Waals surface area contributed by atoms with Gasteiger partial charge in [0.15, 0.2) is 17.4 Å². The highest BCUT2D eigenvalue weighted by molar-refractivity contribution is 5.92. The van der Waals surface area contributed by atoms with Crippen LogP contribution >= 0.6 is 0 Å². The summed E-state index contributed by atoms with van der Waals surface area (Å²) in [7, 11) is 0. The summed E-state index contributed by atoms with van der Waals surface area (Å²) in [5, 5.41) is 8.29. The molecule has 0 radical (unpaired) electrons. The van der Waals surface area contributed by atoms with Gasteiger partial charge in [0, 0.05) is 35.0 Å². The quantitative estimate of drug-likeness (QED) is 0.171. The van der Waals surface area contributed by atoms with Crippen LogP contribution in [0.25, 0.3) is 22.4 Å². The number of rotatable bonds is 11. The van der Waals surface area contributed by atoms with E-state index >= 15 is 0 Å². The van der Waals surface area contributed by atoms with E-state index in [1.165, 1.54) is 29.2 Å². The van der Waals surface area contributed by atoms with Gasteiger partial charge in [-0.05, 0) is 31.5 Å². The van der Waals surface area contributed by atoms with Crippen molar-refractivity contribution < 1.29 is 27.0 Å². The van der Waals surface area contributed by atoms with Gasteiger partial charge in [-0.15, -0.1) is 0 Å². The molecular formula is C29H26F4N6O2. The largest absolute Gasteiger partial charge is 0.494 e. The summed E-state index contributed by atoms with van der Waals surface area (Å²) >= 11 is 0. The Bertz CT molecular complexity index is 1650. The van der Waals surface area contributed by atoms with Crippen LogP contribution in [-0.2, 0) is 6.54 Å². The van der Waals surface area contributed by atoms with Crippen molar-refractivity contribution >= 4 is 22.4 Å². The Morgan fingerprint density at radius 3 is 2.49 bits per heavy atom. The van der Waals surface area contributed by atoms with Crippen LogP contribution in [-0.4, -0.2) is 37.9 Å². The average Bonchev–Trinajstić information content (AvgIpc) is 3.33. The number of alkyl halides is 2. The molecular weight excluding hydrogens is 540 g/mol. The van der Waals surface area contributed by atoms with E-state index in [1.807, 2.05) is 6.92 Å². The fourth-order valence-electron chi connectivity index (χ4n) is 4.22. The van der Waals surface area contributed by atoms with E-state index in [2.05, 4.69) is 25.4 Å². The molecule has 0 bridgehead atoms. The fourth-order valence-corrected chi connectivity index (χ4v) is 4.22. The molecule has 0 aliphatic rings. The van der Waals surface area contributed by atoms with Gasteiger partial charge in [-0.2, -0.15) is 5.10 Å². The number of aromatic nitrogens is 5. The van der Waals surface area contributed by atoms with Gasteiger partial charge in [-0.3, -0.25) is 9.67 Å². The van der Waals surface area contributed by atoms with Crippen molar-refractivity contribution in [3.8, 4) is 23.0 Å². The molecule has 3 heterocycles. The summed E-state index contributed by atoms with van der Waals surface area (Å²) in [6, 6.07) is 12.2. The number of pyridine rings is 1. The monoisotopic (exact) mass is 566 g/mol. The van der Waals surface area contributed by atoms with Crippen molar-refractivity contribution in [2.24, 2.45) is 0 Å². The van der Waals surface area contributed by atoms with Gasteiger partial charge in [0.05, 0.1) is 31.5 Å². The molecule has 0 saturated heterocycles. The van der Waals surface area contributed by atoms with Gasteiger partial charge < -0.3 is 14.8 Å². The van der Waals surface area contributed by atoms with Gasteiger partial charge in [0.25, 0.3) is 6.43 Å². The number of nitrogens with one attached hydrogen (secondary N) is 1. The lowest BCUT2D eigenvalue weighted by Gasteiger charge is -2.13. The highest BCUT2D eigenvalue weighted by Gasteiger charge is 2.20.